The van der Waals surface area contributed by atoms with Crippen molar-refractivity contribution in [1.82, 2.24) is 0 Å². The molecule has 0 aromatic heterocycles. The molecule has 0 nitrogen and oxygen atoms in total. The second-order valence-corrected chi connectivity index (χ2v) is 13.8. The van der Waals surface area contributed by atoms with Crippen LogP contribution in [0.25, 0.3) is 21.5 Å². The number of benzene rings is 6. The predicted octanol–water partition coefficient (Wildman–Crippen LogP) is 5.95. The Balaban J connectivity index is 1.73. The highest BCUT2D eigenvalue weighted by molar-refractivity contribution is 7.80. The summed E-state index contributed by atoms with van der Waals surface area (Å²) in [6.45, 7) is 0. The zero-order valence-corrected chi connectivity index (χ0v) is 21.9. The highest BCUT2D eigenvalue weighted by atomic mass is 32.1. The van der Waals surface area contributed by atoms with E-state index in [0.29, 0.717) is 0 Å². The van der Waals surface area contributed by atoms with E-state index in [1.807, 2.05) is 0 Å². The highest BCUT2D eigenvalue weighted by Crippen LogP contribution is 2.22. The van der Waals surface area contributed by atoms with Crippen molar-refractivity contribution in [2.75, 3.05) is 0 Å². The van der Waals surface area contributed by atoms with E-state index in [1.54, 1.807) is 0 Å². The lowest BCUT2D eigenvalue weighted by Gasteiger charge is -2.35. The van der Waals surface area contributed by atoms with Crippen molar-refractivity contribution in [2.24, 2.45) is 0 Å². The third-order valence-corrected chi connectivity index (χ3v) is 12.2. The maximum absolute atomic E-state index is 4.56. The molecule has 6 aromatic rings. The lowest BCUT2D eigenvalue weighted by atomic mass is 10.1. The summed E-state index contributed by atoms with van der Waals surface area (Å²) in [7, 11) is -2.60. The summed E-state index contributed by atoms with van der Waals surface area (Å²) in [5.74, 6) is 0. The minimum atomic E-state index is -2.60. The molecule has 0 saturated heterocycles. The zero-order chi connectivity index (χ0) is 23.8. The molecule has 6 rings (SSSR count). The molecule has 0 fully saturated rings. The number of hydrogen-bond acceptors (Lipinski definition) is 2. The first-order valence-corrected chi connectivity index (χ1v) is 14.6. The molecule has 6 aromatic carbocycles. The van der Waals surface area contributed by atoms with Gasteiger partial charge in [0.15, 0.2) is 8.07 Å². The normalized spacial score (nSPS) is 11.7. The summed E-state index contributed by atoms with van der Waals surface area (Å²) in [6.07, 6.45) is 0. The molecule has 35 heavy (non-hydrogen) atoms. The third kappa shape index (κ3) is 3.90. The van der Waals surface area contributed by atoms with Gasteiger partial charge in [-0.15, -0.1) is 25.3 Å². The topological polar surface area (TPSA) is 0 Å². The first-order chi connectivity index (χ1) is 17.1. The Bertz CT molecular complexity index is 1530. The second kappa shape index (κ2) is 9.08. The molecule has 0 aliphatic carbocycles. The standard InChI is InChI=1S/C32H24S2Si/c33-27-15-11-25-21-31(17-13-23(25)19-27)35(29-7-3-1-4-8-29,30-9-5-2-6-10-30)32-18-14-24-20-28(34)16-12-26(24)22-32/h1-22,33-34H. The predicted molar refractivity (Wildman–Crippen MR) is 160 cm³/mol. The summed E-state index contributed by atoms with van der Waals surface area (Å²) >= 11 is 9.12. The van der Waals surface area contributed by atoms with Gasteiger partial charge in [-0.2, -0.15) is 0 Å². The van der Waals surface area contributed by atoms with Crippen molar-refractivity contribution in [3.05, 3.63) is 133 Å². The van der Waals surface area contributed by atoms with Crippen LogP contribution in [0.1, 0.15) is 0 Å². The van der Waals surface area contributed by atoms with Gasteiger partial charge in [0.25, 0.3) is 0 Å². The van der Waals surface area contributed by atoms with Gasteiger partial charge in [0.05, 0.1) is 0 Å². The van der Waals surface area contributed by atoms with E-state index in [9.17, 15) is 0 Å². The van der Waals surface area contributed by atoms with Crippen molar-refractivity contribution < 1.29 is 0 Å². The quantitative estimate of drug-likeness (QED) is 0.167. The van der Waals surface area contributed by atoms with Crippen molar-refractivity contribution in [3.63, 3.8) is 0 Å². The molecule has 0 spiro atoms. The third-order valence-electron chi connectivity index (χ3n) is 6.93. The van der Waals surface area contributed by atoms with Gasteiger partial charge in [-0.3, -0.25) is 0 Å². The van der Waals surface area contributed by atoms with Crippen molar-refractivity contribution in [3.8, 4) is 0 Å². The van der Waals surface area contributed by atoms with E-state index in [2.05, 4.69) is 159 Å². The van der Waals surface area contributed by atoms with Crippen LogP contribution in [-0.2, 0) is 0 Å². The van der Waals surface area contributed by atoms with Crippen LogP contribution in [0, 0.1) is 0 Å². The molecular weight excluding hydrogens is 477 g/mol. The second-order valence-electron chi connectivity index (χ2n) is 8.97. The maximum atomic E-state index is 4.56. The average Bonchev–Trinajstić information content (AvgIpc) is 2.90. The van der Waals surface area contributed by atoms with Gasteiger partial charge in [-0.05, 0) is 66.6 Å². The van der Waals surface area contributed by atoms with E-state index >= 15 is 0 Å². The van der Waals surface area contributed by atoms with Crippen LogP contribution in [-0.4, -0.2) is 8.07 Å². The van der Waals surface area contributed by atoms with Crippen LogP contribution >= 0.6 is 25.3 Å². The van der Waals surface area contributed by atoms with Crippen LogP contribution in [0.2, 0.25) is 0 Å². The SMILES string of the molecule is Sc1ccc2cc([Si](c3ccccc3)(c3ccccc3)c3ccc4cc(S)ccc4c3)ccc2c1. The van der Waals surface area contributed by atoms with Gasteiger partial charge >= 0.3 is 0 Å². The molecule has 0 aliphatic rings. The average molecular weight is 501 g/mol. The molecule has 0 N–H and O–H groups in total. The molecular formula is C32H24S2Si. The van der Waals surface area contributed by atoms with E-state index in [-0.39, 0.29) is 0 Å². The molecule has 3 heteroatoms. The van der Waals surface area contributed by atoms with Crippen LogP contribution in [0.3, 0.4) is 0 Å². The lowest BCUT2D eigenvalue weighted by molar-refractivity contribution is 1.53. The van der Waals surface area contributed by atoms with Crippen molar-refractivity contribution in [1.29, 1.82) is 0 Å². The summed E-state index contributed by atoms with van der Waals surface area (Å²) in [5.41, 5.74) is 0. The molecule has 0 amide bonds. The molecule has 0 saturated carbocycles. The van der Waals surface area contributed by atoms with Crippen molar-refractivity contribution >= 4 is 75.6 Å². The van der Waals surface area contributed by atoms with Crippen molar-refractivity contribution in [2.45, 2.75) is 9.79 Å². The molecule has 0 atom stereocenters. The summed E-state index contributed by atoms with van der Waals surface area (Å²) < 4.78 is 0. The van der Waals surface area contributed by atoms with Gasteiger partial charge < -0.3 is 0 Å². The summed E-state index contributed by atoms with van der Waals surface area (Å²) in [5, 5.41) is 10.4. The van der Waals surface area contributed by atoms with Gasteiger partial charge in [-0.1, -0.05) is 109 Å². The molecule has 168 valence electrons. The fourth-order valence-electron chi connectivity index (χ4n) is 5.31. The fourth-order valence-corrected chi connectivity index (χ4v) is 10.5. The lowest BCUT2D eigenvalue weighted by Crippen LogP contribution is -2.74. The maximum Gasteiger partial charge on any atom is 0.179 e. The van der Waals surface area contributed by atoms with Crippen LogP contribution in [0.4, 0.5) is 0 Å². The molecule has 0 aliphatic heterocycles. The Morgan fingerprint density at radius 3 is 1.14 bits per heavy atom. The van der Waals surface area contributed by atoms with E-state index in [4.69, 9.17) is 0 Å². The first-order valence-electron chi connectivity index (χ1n) is 11.7. The Morgan fingerprint density at radius 2 is 0.714 bits per heavy atom. The largest absolute Gasteiger partial charge is 0.179 e. The zero-order valence-electron chi connectivity index (χ0n) is 19.1. The van der Waals surface area contributed by atoms with Crippen LogP contribution in [0.15, 0.2) is 143 Å². The van der Waals surface area contributed by atoms with Gasteiger partial charge in [0.1, 0.15) is 0 Å². The number of hydrogen-bond donors (Lipinski definition) is 2. The molecule has 0 unspecified atom stereocenters. The summed E-state index contributed by atoms with van der Waals surface area (Å²) in [4.78, 5) is 1.97. The van der Waals surface area contributed by atoms with Crippen LogP contribution < -0.4 is 20.7 Å². The smallest absolute Gasteiger partial charge is 0.143 e. The van der Waals surface area contributed by atoms with E-state index in [0.717, 1.165) is 9.79 Å². The minimum Gasteiger partial charge on any atom is -0.143 e. The Hall–Kier alpha value is -3.24. The molecule has 0 bridgehead atoms. The fraction of sp³-hybridized carbons (Fsp3) is 0. The minimum absolute atomic E-state index is 0.984. The van der Waals surface area contributed by atoms with Crippen LogP contribution in [0.5, 0.6) is 0 Å². The summed E-state index contributed by atoms with van der Waals surface area (Å²) in [6, 6.07) is 48.9. The van der Waals surface area contributed by atoms with Gasteiger partial charge in [0.2, 0.25) is 0 Å². The van der Waals surface area contributed by atoms with E-state index in [1.165, 1.54) is 42.3 Å². The first kappa shape index (κ1) is 22.2. The Kier molecular flexibility index (Phi) is 5.77. The Labute approximate surface area is 218 Å². The number of thiol groups is 2. The number of rotatable bonds is 4. The van der Waals surface area contributed by atoms with Gasteiger partial charge in [0, 0.05) is 9.79 Å². The van der Waals surface area contributed by atoms with E-state index < -0.39 is 8.07 Å². The number of fused-ring (bicyclic) bond motifs is 2. The Morgan fingerprint density at radius 1 is 0.343 bits per heavy atom. The highest BCUT2D eigenvalue weighted by Gasteiger charge is 2.41. The van der Waals surface area contributed by atoms with Gasteiger partial charge in [-0.25, -0.2) is 0 Å². The molecule has 0 radical (unpaired) electrons. The monoisotopic (exact) mass is 500 g/mol. The molecule has 0 heterocycles.